The Balaban J connectivity index is 2.32. The lowest BCUT2D eigenvalue weighted by molar-refractivity contribution is -0.122. The molecule has 0 atom stereocenters. The Hall–Kier alpha value is -2.30. The van der Waals surface area contributed by atoms with Crippen LogP contribution < -0.4 is 5.32 Å². The fourth-order valence-corrected chi connectivity index (χ4v) is 1.99. The van der Waals surface area contributed by atoms with Crippen LogP contribution in [0.25, 0.3) is 6.08 Å². The second kappa shape index (κ2) is 5.14. The molecule has 1 aromatic carbocycles. The molecule has 0 saturated carbocycles. The first-order chi connectivity index (χ1) is 9.08. The van der Waals surface area contributed by atoms with Crippen LogP contribution in [0, 0.1) is 0 Å². The predicted octanol–water partition coefficient (Wildman–Crippen LogP) is 1.98. The summed E-state index contributed by atoms with van der Waals surface area (Å²) in [6, 6.07) is 7.37. The van der Waals surface area contributed by atoms with Crippen molar-refractivity contribution in [3.8, 4) is 0 Å². The van der Waals surface area contributed by atoms with Crippen molar-refractivity contribution in [2.75, 3.05) is 26.0 Å². The summed E-state index contributed by atoms with van der Waals surface area (Å²) in [7, 11) is 3.46. The molecule has 0 unspecified atom stereocenters. The molecule has 1 heterocycles. The van der Waals surface area contributed by atoms with Gasteiger partial charge in [0.25, 0.3) is 5.91 Å². The molecule has 19 heavy (non-hydrogen) atoms. The quantitative estimate of drug-likeness (QED) is 0.667. The smallest absolute Gasteiger partial charge is 0.331 e. The number of likely N-dealkylation sites (N-methyl/N-ethyl adjacent to an activating group) is 2. The van der Waals surface area contributed by atoms with E-state index in [2.05, 4.69) is 5.32 Å². The van der Waals surface area contributed by atoms with Crippen LogP contribution >= 0.6 is 0 Å². The van der Waals surface area contributed by atoms with Crippen LogP contribution in [-0.4, -0.2) is 42.4 Å². The molecule has 1 saturated heterocycles. The largest absolute Gasteiger partial charge is 0.388 e. The number of benzene rings is 1. The molecule has 0 aromatic heterocycles. The van der Waals surface area contributed by atoms with E-state index in [0.717, 1.165) is 11.3 Å². The van der Waals surface area contributed by atoms with Crippen molar-refractivity contribution in [2.24, 2.45) is 0 Å². The van der Waals surface area contributed by atoms with Gasteiger partial charge in [-0.25, -0.2) is 4.79 Å². The minimum absolute atomic E-state index is 0.243. The van der Waals surface area contributed by atoms with E-state index < -0.39 is 0 Å². The van der Waals surface area contributed by atoms with E-state index in [9.17, 15) is 9.59 Å². The number of imide groups is 1. The molecular formula is C14H17N3O2. The van der Waals surface area contributed by atoms with Crippen LogP contribution in [0.4, 0.5) is 10.5 Å². The Morgan fingerprint density at radius 2 is 1.84 bits per heavy atom. The molecule has 5 nitrogen and oxygen atoms in total. The zero-order chi connectivity index (χ0) is 14.0. The molecule has 0 spiro atoms. The van der Waals surface area contributed by atoms with Crippen LogP contribution in [0.15, 0.2) is 30.0 Å². The second-order valence-electron chi connectivity index (χ2n) is 4.29. The van der Waals surface area contributed by atoms with Crippen molar-refractivity contribution in [2.45, 2.75) is 6.92 Å². The summed E-state index contributed by atoms with van der Waals surface area (Å²) >= 11 is 0. The minimum Gasteiger partial charge on any atom is -0.388 e. The van der Waals surface area contributed by atoms with E-state index in [1.807, 2.05) is 31.3 Å². The molecule has 1 aliphatic heterocycles. The molecule has 1 aromatic rings. The van der Waals surface area contributed by atoms with Gasteiger partial charge in [-0.15, -0.1) is 0 Å². The van der Waals surface area contributed by atoms with Crippen molar-refractivity contribution in [1.29, 1.82) is 0 Å². The Bertz CT molecular complexity index is 534. The maximum Gasteiger partial charge on any atom is 0.331 e. The molecule has 0 radical (unpaired) electrons. The van der Waals surface area contributed by atoms with E-state index >= 15 is 0 Å². The highest BCUT2D eigenvalue weighted by Crippen LogP contribution is 2.22. The zero-order valence-corrected chi connectivity index (χ0v) is 11.3. The van der Waals surface area contributed by atoms with E-state index in [0.29, 0.717) is 12.2 Å². The van der Waals surface area contributed by atoms with Gasteiger partial charge in [-0.05, 0) is 30.7 Å². The Morgan fingerprint density at radius 1 is 1.21 bits per heavy atom. The maximum atomic E-state index is 12.1. The molecular weight excluding hydrogens is 242 g/mol. The van der Waals surface area contributed by atoms with E-state index in [1.165, 1.54) is 9.80 Å². The van der Waals surface area contributed by atoms with Crippen LogP contribution in [0.2, 0.25) is 0 Å². The van der Waals surface area contributed by atoms with Crippen LogP contribution in [0.3, 0.4) is 0 Å². The summed E-state index contributed by atoms with van der Waals surface area (Å²) in [5, 5.41) is 3.03. The second-order valence-corrected chi connectivity index (χ2v) is 4.29. The number of anilines is 1. The highest BCUT2D eigenvalue weighted by molar-refractivity contribution is 6.13. The van der Waals surface area contributed by atoms with Gasteiger partial charge in [-0.3, -0.25) is 14.6 Å². The summed E-state index contributed by atoms with van der Waals surface area (Å²) in [6.45, 7) is 2.17. The number of hydrogen-bond acceptors (Lipinski definition) is 3. The third-order valence-corrected chi connectivity index (χ3v) is 3.16. The van der Waals surface area contributed by atoms with Gasteiger partial charge in [0.05, 0.1) is 0 Å². The average Bonchev–Trinajstić information content (AvgIpc) is 2.63. The van der Waals surface area contributed by atoms with E-state index in [4.69, 9.17) is 0 Å². The lowest BCUT2D eigenvalue weighted by Gasteiger charge is -2.09. The third-order valence-electron chi connectivity index (χ3n) is 3.16. The molecule has 3 amide bonds. The fraction of sp³-hybridized carbons (Fsp3) is 0.286. The highest BCUT2D eigenvalue weighted by atomic mass is 16.2. The molecule has 0 aliphatic carbocycles. The summed E-state index contributed by atoms with van der Waals surface area (Å²) in [5.41, 5.74) is 2.29. The van der Waals surface area contributed by atoms with Crippen molar-refractivity contribution >= 4 is 23.7 Å². The predicted molar refractivity (Wildman–Crippen MR) is 74.5 cm³/mol. The maximum absolute atomic E-state index is 12.1. The first-order valence-electron chi connectivity index (χ1n) is 6.17. The van der Waals surface area contributed by atoms with Crippen LogP contribution in [0.5, 0.6) is 0 Å². The lowest BCUT2D eigenvalue weighted by atomic mass is 10.1. The number of hydrogen-bond donors (Lipinski definition) is 1. The van der Waals surface area contributed by atoms with E-state index in [-0.39, 0.29) is 11.9 Å². The highest BCUT2D eigenvalue weighted by Gasteiger charge is 2.37. The number of amides is 3. The van der Waals surface area contributed by atoms with Crippen molar-refractivity contribution in [1.82, 2.24) is 9.80 Å². The van der Waals surface area contributed by atoms with Crippen LogP contribution in [-0.2, 0) is 4.79 Å². The van der Waals surface area contributed by atoms with Crippen LogP contribution in [0.1, 0.15) is 12.5 Å². The molecule has 1 fully saturated rings. The lowest BCUT2D eigenvalue weighted by Crippen LogP contribution is -2.31. The van der Waals surface area contributed by atoms with Gasteiger partial charge in [-0.1, -0.05) is 12.1 Å². The van der Waals surface area contributed by atoms with Gasteiger partial charge < -0.3 is 5.32 Å². The summed E-state index contributed by atoms with van der Waals surface area (Å²) in [6.07, 6.45) is 1.73. The fourth-order valence-electron chi connectivity index (χ4n) is 1.99. The number of rotatable bonds is 3. The molecule has 100 valence electrons. The SMILES string of the molecule is CCN1C(=O)/C(=C\c2ccc(NC)cc2)N(C)C1=O. The standard InChI is InChI=1S/C14H17N3O2/c1-4-17-13(18)12(16(3)14(17)19)9-10-5-7-11(15-2)8-6-10/h5-9,15H,4H2,1-3H3/b12-9+. The molecule has 1 N–H and O–H groups in total. The first-order valence-corrected chi connectivity index (χ1v) is 6.17. The minimum atomic E-state index is -0.273. The zero-order valence-electron chi connectivity index (χ0n) is 11.3. The summed E-state index contributed by atoms with van der Waals surface area (Å²) in [4.78, 5) is 26.5. The first kappa shape index (κ1) is 13.1. The molecule has 5 heteroatoms. The van der Waals surface area contributed by atoms with Gasteiger partial charge in [0.2, 0.25) is 0 Å². The van der Waals surface area contributed by atoms with Gasteiger partial charge in [0.1, 0.15) is 5.70 Å². The molecule has 1 aliphatic rings. The number of urea groups is 1. The number of nitrogens with zero attached hydrogens (tertiary/aromatic N) is 2. The van der Waals surface area contributed by atoms with Gasteiger partial charge in [0.15, 0.2) is 0 Å². The third kappa shape index (κ3) is 2.31. The summed E-state index contributed by atoms with van der Waals surface area (Å²) < 4.78 is 0. The average molecular weight is 259 g/mol. The van der Waals surface area contributed by atoms with Crippen molar-refractivity contribution in [3.63, 3.8) is 0 Å². The molecule has 2 rings (SSSR count). The van der Waals surface area contributed by atoms with Crippen molar-refractivity contribution < 1.29 is 9.59 Å². The van der Waals surface area contributed by atoms with Crippen molar-refractivity contribution in [3.05, 3.63) is 35.5 Å². The van der Waals surface area contributed by atoms with Gasteiger partial charge >= 0.3 is 6.03 Å². The number of nitrogens with one attached hydrogen (secondary N) is 1. The normalized spacial score (nSPS) is 17.5. The summed E-state index contributed by atoms with van der Waals surface area (Å²) in [5.74, 6) is -0.243. The Labute approximate surface area is 112 Å². The Kier molecular flexibility index (Phi) is 3.55. The molecule has 0 bridgehead atoms. The monoisotopic (exact) mass is 259 g/mol. The Morgan fingerprint density at radius 3 is 2.32 bits per heavy atom. The number of carbonyl (C=O) groups excluding carboxylic acids is 2. The number of carbonyl (C=O) groups is 2. The van der Waals surface area contributed by atoms with E-state index in [1.54, 1.807) is 20.0 Å². The topological polar surface area (TPSA) is 52.7 Å². The van der Waals surface area contributed by atoms with Gasteiger partial charge in [0, 0.05) is 26.3 Å². The van der Waals surface area contributed by atoms with Gasteiger partial charge in [-0.2, -0.15) is 0 Å².